The molecule has 30 heavy (non-hydrogen) atoms. The van der Waals surface area contributed by atoms with Crippen LogP contribution in [0.25, 0.3) is 0 Å². The van der Waals surface area contributed by atoms with E-state index in [9.17, 15) is 4.79 Å². The van der Waals surface area contributed by atoms with Gasteiger partial charge in [-0.1, -0.05) is 130 Å². The number of unbranched alkanes of at least 4 members (excludes halogenated alkanes) is 12. The minimum absolute atomic E-state index is 0.624. The second kappa shape index (κ2) is 22.9. The Kier molecular flexibility index (Phi) is 22.3. The van der Waals surface area contributed by atoms with Crippen LogP contribution in [-0.4, -0.2) is 24.3 Å². The first-order chi connectivity index (χ1) is 14.7. The van der Waals surface area contributed by atoms with Gasteiger partial charge in [-0.3, -0.25) is 0 Å². The zero-order valence-electron chi connectivity index (χ0n) is 21.1. The highest BCUT2D eigenvalue weighted by Gasteiger charge is 2.14. The molecule has 1 unspecified atom stereocenters. The monoisotopic (exact) mass is 421 g/mol. The summed E-state index contributed by atoms with van der Waals surface area (Å²) in [6, 6.07) is 0. The van der Waals surface area contributed by atoms with Gasteiger partial charge in [0.1, 0.15) is 6.29 Å². The molecular weight excluding hydrogens is 366 g/mol. The van der Waals surface area contributed by atoms with Gasteiger partial charge in [0.2, 0.25) is 0 Å². The molecule has 2 heteroatoms. The van der Waals surface area contributed by atoms with E-state index in [1.807, 2.05) is 0 Å². The smallest absolute Gasteiger partial charge is 0.121 e. The SMILES string of the molecule is C=C(CC(CCCCCCCC)CCCCCCCCCC)N(CCC)CCC=O. The molecule has 0 saturated heterocycles. The lowest BCUT2D eigenvalue weighted by molar-refractivity contribution is -0.108. The van der Waals surface area contributed by atoms with Gasteiger partial charge in [0, 0.05) is 25.2 Å². The minimum Gasteiger partial charge on any atom is -0.375 e. The van der Waals surface area contributed by atoms with E-state index in [1.165, 1.54) is 108 Å². The van der Waals surface area contributed by atoms with Gasteiger partial charge in [-0.25, -0.2) is 0 Å². The van der Waals surface area contributed by atoms with E-state index in [1.54, 1.807) is 0 Å². The van der Waals surface area contributed by atoms with E-state index in [2.05, 4.69) is 32.3 Å². The van der Waals surface area contributed by atoms with E-state index in [0.717, 1.165) is 38.1 Å². The summed E-state index contributed by atoms with van der Waals surface area (Å²) in [5.41, 5.74) is 1.27. The summed E-state index contributed by atoms with van der Waals surface area (Å²) in [5, 5.41) is 0. The van der Waals surface area contributed by atoms with Crippen LogP contribution >= 0.6 is 0 Å². The molecule has 0 rings (SSSR count). The van der Waals surface area contributed by atoms with Crippen molar-refractivity contribution in [3.05, 3.63) is 12.3 Å². The van der Waals surface area contributed by atoms with Gasteiger partial charge in [-0.2, -0.15) is 0 Å². The fraction of sp³-hybridized carbons (Fsp3) is 0.893. The first kappa shape index (κ1) is 29.2. The van der Waals surface area contributed by atoms with Crippen molar-refractivity contribution in [3.63, 3.8) is 0 Å². The van der Waals surface area contributed by atoms with Gasteiger partial charge in [0.05, 0.1) is 0 Å². The Morgan fingerprint density at radius 2 is 1.17 bits per heavy atom. The number of carbonyl (C=O) groups excluding carboxylic acids is 1. The van der Waals surface area contributed by atoms with E-state index >= 15 is 0 Å². The maximum Gasteiger partial charge on any atom is 0.121 e. The van der Waals surface area contributed by atoms with Crippen molar-refractivity contribution in [1.29, 1.82) is 0 Å². The molecule has 0 aliphatic rings. The molecule has 1 atom stereocenters. The number of nitrogens with zero attached hydrogens (tertiary/aromatic N) is 1. The molecule has 0 bridgehead atoms. The number of carbonyl (C=O) groups is 1. The van der Waals surface area contributed by atoms with Gasteiger partial charge < -0.3 is 9.69 Å². The van der Waals surface area contributed by atoms with Gasteiger partial charge in [0.25, 0.3) is 0 Å². The van der Waals surface area contributed by atoms with E-state index in [4.69, 9.17) is 0 Å². The summed E-state index contributed by atoms with van der Waals surface area (Å²) >= 11 is 0. The first-order valence-electron chi connectivity index (χ1n) is 13.6. The first-order valence-corrected chi connectivity index (χ1v) is 13.6. The molecule has 0 saturated carbocycles. The predicted octanol–water partition coefficient (Wildman–Crippen LogP) is 9.09. The summed E-state index contributed by atoms with van der Waals surface area (Å²) in [4.78, 5) is 13.2. The van der Waals surface area contributed by atoms with E-state index in [-0.39, 0.29) is 0 Å². The average molecular weight is 422 g/mol. The topological polar surface area (TPSA) is 20.3 Å². The third kappa shape index (κ3) is 18.0. The predicted molar refractivity (Wildman–Crippen MR) is 135 cm³/mol. The molecular formula is C28H55NO. The van der Waals surface area contributed by atoms with Crippen molar-refractivity contribution >= 4 is 6.29 Å². The normalized spacial score (nSPS) is 12.1. The highest BCUT2D eigenvalue weighted by atomic mass is 16.1. The molecule has 0 N–H and O–H groups in total. The lowest BCUT2D eigenvalue weighted by Gasteiger charge is -2.29. The molecule has 0 aliphatic carbocycles. The van der Waals surface area contributed by atoms with Crippen LogP contribution in [0, 0.1) is 5.92 Å². The highest BCUT2D eigenvalue weighted by Crippen LogP contribution is 2.26. The Bertz CT molecular complexity index is 379. The van der Waals surface area contributed by atoms with Gasteiger partial charge >= 0.3 is 0 Å². The van der Waals surface area contributed by atoms with Crippen LogP contribution in [0.4, 0.5) is 0 Å². The number of hydrogen-bond donors (Lipinski definition) is 0. The number of rotatable bonds is 24. The third-order valence-electron chi connectivity index (χ3n) is 6.41. The van der Waals surface area contributed by atoms with Crippen molar-refractivity contribution in [2.75, 3.05) is 13.1 Å². The van der Waals surface area contributed by atoms with E-state index < -0.39 is 0 Å². The van der Waals surface area contributed by atoms with Crippen molar-refractivity contribution in [2.24, 2.45) is 5.92 Å². The maximum absolute atomic E-state index is 10.8. The lowest BCUT2D eigenvalue weighted by Crippen LogP contribution is -2.26. The van der Waals surface area contributed by atoms with Crippen molar-refractivity contribution in [2.45, 2.75) is 143 Å². The van der Waals surface area contributed by atoms with Gasteiger partial charge in [0.15, 0.2) is 0 Å². The molecule has 2 nitrogen and oxygen atoms in total. The molecule has 0 aromatic rings. The average Bonchev–Trinajstić information content (AvgIpc) is 2.75. The summed E-state index contributed by atoms with van der Waals surface area (Å²) in [5.74, 6) is 0.777. The summed E-state index contributed by atoms with van der Waals surface area (Å²) in [6.45, 7) is 13.1. The van der Waals surface area contributed by atoms with Crippen molar-refractivity contribution < 1.29 is 4.79 Å². The third-order valence-corrected chi connectivity index (χ3v) is 6.41. The van der Waals surface area contributed by atoms with Crippen LogP contribution in [0.2, 0.25) is 0 Å². The van der Waals surface area contributed by atoms with Crippen molar-refractivity contribution in [3.8, 4) is 0 Å². The summed E-state index contributed by atoms with van der Waals surface area (Å²) in [7, 11) is 0. The molecule has 0 aliphatic heterocycles. The molecule has 0 spiro atoms. The second-order valence-electron chi connectivity index (χ2n) is 9.40. The maximum atomic E-state index is 10.8. The highest BCUT2D eigenvalue weighted by molar-refractivity contribution is 5.49. The van der Waals surface area contributed by atoms with Crippen molar-refractivity contribution in [1.82, 2.24) is 4.90 Å². The Labute approximate surface area is 190 Å². The number of aldehydes is 1. The Morgan fingerprint density at radius 1 is 0.700 bits per heavy atom. The fourth-order valence-corrected chi connectivity index (χ4v) is 4.50. The van der Waals surface area contributed by atoms with Gasteiger partial charge in [-0.15, -0.1) is 0 Å². The molecule has 0 heterocycles. The summed E-state index contributed by atoms with van der Waals surface area (Å²) in [6.07, 6.45) is 26.1. The van der Waals surface area contributed by atoms with Gasteiger partial charge in [-0.05, 0) is 18.8 Å². The zero-order chi connectivity index (χ0) is 22.3. The Balaban J connectivity index is 4.36. The molecule has 0 amide bonds. The molecule has 178 valence electrons. The number of allylic oxidation sites excluding steroid dienone is 1. The van der Waals surface area contributed by atoms with Crippen LogP contribution in [-0.2, 0) is 4.79 Å². The Morgan fingerprint density at radius 3 is 1.60 bits per heavy atom. The molecule has 0 fully saturated rings. The van der Waals surface area contributed by atoms with Crippen LogP contribution in [0.3, 0.4) is 0 Å². The van der Waals surface area contributed by atoms with Crippen LogP contribution in [0.15, 0.2) is 12.3 Å². The van der Waals surface area contributed by atoms with Crippen LogP contribution in [0.5, 0.6) is 0 Å². The quantitative estimate of drug-likeness (QED) is 0.114. The second-order valence-corrected chi connectivity index (χ2v) is 9.40. The minimum atomic E-state index is 0.624. The van der Waals surface area contributed by atoms with Crippen LogP contribution < -0.4 is 0 Å². The summed E-state index contributed by atoms with van der Waals surface area (Å²) < 4.78 is 0. The Hall–Kier alpha value is -0.790. The largest absolute Gasteiger partial charge is 0.375 e. The number of hydrogen-bond acceptors (Lipinski definition) is 2. The molecule has 0 aromatic heterocycles. The zero-order valence-corrected chi connectivity index (χ0v) is 21.1. The lowest BCUT2D eigenvalue weighted by atomic mass is 9.90. The van der Waals surface area contributed by atoms with E-state index in [0.29, 0.717) is 6.42 Å². The standard InChI is InChI=1S/C28H55NO/c1-5-8-10-12-14-15-17-19-22-28(21-18-16-13-11-9-6-2)26-27(4)29(23-7-3)24-20-25-30/h25,28H,4-24,26H2,1-3H3. The fourth-order valence-electron chi connectivity index (χ4n) is 4.50. The molecule has 0 aromatic carbocycles. The van der Waals surface area contributed by atoms with Crippen LogP contribution in [0.1, 0.15) is 143 Å². The molecule has 0 radical (unpaired) electrons.